The number of carboxylic acid groups (broad SMARTS) is 1. The number of nitrogens with zero attached hydrogens (tertiary/aromatic N) is 1. The molecule has 4 nitrogen and oxygen atoms in total. The predicted octanol–water partition coefficient (Wildman–Crippen LogP) is 5.19. The highest BCUT2D eigenvalue weighted by atomic mass is 16.4. The second-order valence-corrected chi connectivity index (χ2v) is 7.04. The quantitative estimate of drug-likeness (QED) is 0.522. The van der Waals surface area contributed by atoms with Crippen molar-refractivity contribution in [3.8, 4) is 0 Å². The molecule has 0 saturated carbocycles. The molecule has 0 saturated heterocycles. The molecule has 0 aliphatic heterocycles. The van der Waals surface area contributed by atoms with Crippen LogP contribution in [0.3, 0.4) is 0 Å². The van der Waals surface area contributed by atoms with Crippen LogP contribution in [-0.2, 0) is 25.7 Å². The Morgan fingerprint density at radius 1 is 0.731 bits per heavy atom. The number of carboxylic acids is 1. The highest BCUT2D eigenvalue weighted by molar-refractivity contribution is 5.89. The van der Waals surface area contributed by atoms with Gasteiger partial charge in [0, 0.05) is 17.0 Å². The smallest absolute Gasteiger partial charge is 0.0736 e. The van der Waals surface area contributed by atoms with E-state index < -0.39 is 5.97 Å². The fourth-order valence-corrected chi connectivity index (χ4v) is 3.38. The summed E-state index contributed by atoms with van der Waals surface area (Å²) < 4.78 is 0. The number of aromatic nitrogens is 1. The number of rotatable bonds is 13. The van der Waals surface area contributed by atoms with Gasteiger partial charge in [0.15, 0.2) is 0 Å². The van der Waals surface area contributed by atoms with Gasteiger partial charge in [-0.15, -0.1) is 0 Å². The second-order valence-electron chi connectivity index (χ2n) is 7.04. The van der Waals surface area contributed by atoms with Crippen LogP contribution in [0.5, 0.6) is 0 Å². The first-order chi connectivity index (χ1) is 12.1. The minimum atomic E-state index is -1.04. The van der Waals surface area contributed by atoms with Crippen LogP contribution in [0.25, 0.3) is 0 Å². The third-order valence-electron chi connectivity index (χ3n) is 4.87. The molecule has 0 bridgehead atoms. The molecule has 1 heterocycles. The first-order valence-corrected chi connectivity index (χ1v) is 10.3. The number of unbranched alkanes of at least 4 members (excludes halogenated alkanes) is 4. The van der Waals surface area contributed by atoms with Crippen LogP contribution >= 0.6 is 0 Å². The fourth-order valence-electron chi connectivity index (χ4n) is 3.38. The van der Waals surface area contributed by atoms with Gasteiger partial charge in [0.25, 0.3) is 0 Å². The van der Waals surface area contributed by atoms with E-state index in [9.17, 15) is 9.90 Å². The van der Waals surface area contributed by atoms with E-state index >= 15 is 0 Å². The van der Waals surface area contributed by atoms with Crippen molar-refractivity contribution in [1.82, 2.24) is 11.1 Å². The molecule has 0 fully saturated rings. The van der Waals surface area contributed by atoms with Crippen LogP contribution in [0, 0.1) is 0 Å². The molecule has 0 aliphatic carbocycles. The average Bonchev–Trinajstić information content (AvgIpc) is 2.60. The van der Waals surface area contributed by atoms with Gasteiger partial charge < -0.3 is 16.1 Å². The minimum Gasteiger partial charge on any atom is -0.545 e. The zero-order valence-electron chi connectivity index (χ0n) is 17.7. The Kier molecular flexibility index (Phi) is 13.0. The molecule has 0 spiro atoms. The van der Waals surface area contributed by atoms with E-state index in [2.05, 4.69) is 27.7 Å². The van der Waals surface area contributed by atoms with Crippen LogP contribution in [0.15, 0.2) is 0 Å². The maximum atomic E-state index is 12.0. The zero-order chi connectivity index (χ0) is 18.7. The van der Waals surface area contributed by atoms with Gasteiger partial charge in [0.2, 0.25) is 0 Å². The van der Waals surface area contributed by atoms with Crippen molar-refractivity contribution in [3.05, 3.63) is 28.1 Å². The molecule has 0 amide bonds. The average molecular weight is 365 g/mol. The minimum absolute atomic E-state index is 0. The van der Waals surface area contributed by atoms with Crippen molar-refractivity contribution in [2.75, 3.05) is 0 Å². The summed E-state index contributed by atoms with van der Waals surface area (Å²) in [6.45, 7) is 8.66. The first kappa shape index (κ1) is 24.6. The van der Waals surface area contributed by atoms with Crippen LogP contribution in [-0.4, -0.2) is 11.0 Å². The molecule has 4 heteroatoms. The SMILES string of the molecule is CCCCc1nc(CCCC)c(C(=O)[O-])c(CCCC)c1CCCC.[NH4+]. The molecular formula is C22H40N2O2. The molecule has 0 unspecified atom stereocenters. The summed E-state index contributed by atoms with van der Waals surface area (Å²) in [5.74, 6) is -1.04. The molecule has 0 atom stereocenters. The van der Waals surface area contributed by atoms with Crippen molar-refractivity contribution in [3.63, 3.8) is 0 Å². The fraction of sp³-hybridized carbons (Fsp3) is 0.727. The topological polar surface area (TPSA) is 89.5 Å². The number of aromatic carboxylic acids is 1. The number of hydrogen-bond acceptors (Lipinski definition) is 3. The molecule has 0 aliphatic rings. The molecule has 0 aromatic carbocycles. The highest BCUT2D eigenvalue weighted by Gasteiger charge is 2.19. The summed E-state index contributed by atoms with van der Waals surface area (Å²) >= 11 is 0. The Balaban J connectivity index is 0.00000625. The van der Waals surface area contributed by atoms with E-state index in [0.29, 0.717) is 5.56 Å². The number of hydrogen-bond donors (Lipinski definition) is 1. The van der Waals surface area contributed by atoms with Crippen molar-refractivity contribution >= 4 is 5.97 Å². The first-order valence-electron chi connectivity index (χ1n) is 10.3. The van der Waals surface area contributed by atoms with E-state index in [4.69, 9.17) is 4.98 Å². The molecular weight excluding hydrogens is 324 g/mol. The monoisotopic (exact) mass is 364 g/mol. The van der Waals surface area contributed by atoms with E-state index in [-0.39, 0.29) is 6.15 Å². The maximum absolute atomic E-state index is 12.0. The van der Waals surface area contributed by atoms with Gasteiger partial charge in [-0.25, -0.2) is 0 Å². The van der Waals surface area contributed by atoms with Crippen molar-refractivity contribution in [2.45, 2.75) is 105 Å². The molecule has 1 aromatic rings. The number of quaternary nitrogens is 1. The largest absolute Gasteiger partial charge is 0.545 e. The Hall–Kier alpha value is -1.42. The lowest BCUT2D eigenvalue weighted by Gasteiger charge is -2.22. The third-order valence-corrected chi connectivity index (χ3v) is 4.87. The third kappa shape index (κ3) is 7.06. The Bertz CT molecular complexity index is 541. The predicted molar refractivity (Wildman–Crippen MR) is 109 cm³/mol. The lowest BCUT2D eigenvalue weighted by molar-refractivity contribution is -0.255. The summed E-state index contributed by atoms with van der Waals surface area (Å²) in [4.78, 5) is 16.8. The van der Waals surface area contributed by atoms with E-state index in [1.165, 1.54) is 5.56 Å². The van der Waals surface area contributed by atoms with Crippen LogP contribution in [0.4, 0.5) is 0 Å². The van der Waals surface area contributed by atoms with E-state index in [0.717, 1.165) is 94.0 Å². The second kappa shape index (κ2) is 13.7. The van der Waals surface area contributed by atoms with Crippen molar-refractivity contribution in [2.24, 2.45) is 0 Å². The standard InChI is InChI=1S/C22H37NO2.H3N/c1-5-9-13-17-18(14-10-6-2)21(22(24)25)20(16-12-8-4)23-19(17)15-11-7-3;/h5-16H2,1-4H3,(H,24,25);1H3. The van der Waals surface area contributed by atoms with Crippen LogP contribution in [0.1, 0.15) is 112 Å². The van der Waals surface area contributed by atoms with Gasteiger partial charge in [-0.2, -0.15) is 0 Å². The van der Waals surface area contributed by atoms with Gasteiger partial charge in [0.05, 0.1) is 5.97 Å². The lowest BCUT2D eigenvalue weighted by Crippen LogP contribution is -2.28. The number of aryl methyl sites for hydroxylation is 2. The highest BCUT2D eigenvalue weighted by Crippen LogP contribution is 2.27. The van der Waals surface area contributed by atoms with Crippen molar-refractivity contribution in [1.29, 1.82) is 0 Å². The summed E-state index contributed by atoms with van der Waals surface area (Å²) in [5.41, 5.74) is 4.57. The lowest BCUT2D eigenvalue weighted by atomic mass is 9.89. The van der Waals surface area contributed by atoms with E-state index in [1.54, 1.807) is 0 Å². The molecule has 1 rings (SSSR count). The van der Waals surface area contributed by atoms with Gasteiger partial charge in [0.1, 0.15) is 0 Å². The molecule has 150 valence electrons. The van der Waals surface area contributed by atoms with Gasteiger partial charge in [-0.1, -0.05) is 53.4 Å². The Morgan fingerprint density at radius 3 is 1.62 bits per heavy atom. The van der Waals surface area contributed by atoms with Gasteiger partial charge >= 0.3 is 0 Å². The molecule has 4 N–H and O–H groups in total. The Morgan fingerprint density at radius 2 is 1.15 bits per heavy atom. The van der Waals surface area contributed by atoms with Crippen LogP contribution < -0.4 is 11.3 Å². The van der Waals surface area contributed by atoms with E-state index in [1.807, 2.05) is 0 Å². The molecule has 0 radical (unpaired) electrons. The van der Waals surface area contributed by atoms with Gasteiger partial charge in [-0.05, 0) is 62.5 Å². The number of carbonyl (C=O) groups is 1. The summed E-state index contributed by atoms with van der Waals surface area (Å²) in [6.07, 6.45) is 12.0. The molecule has 1 aromatic heterocycles. The van der Waals surface area contributed by atoms with Crippen molar-refractivity contribution < 1.29 is 9.90 Å². The number of pyridine rings is 1. The normalized spacial score (nSPS) is 10.6. The maximum Gasteiger partial charge on any atom is 0.0736 e. The Labute approximate surface area is 160 Å². The summed E-state index contributed by atoms with van der Waals surface area (Å²) in [7, 11) is 0. The summed E-state index contributed by atoms with van der Waals surface area (Å²) in [5, 5.41) is 12.0. The number of carbonyl (C=O) groups excluding carboxylic acids is 1. The van der Waals surface area contributed by atoms with Crippen LogP contribution in [0.2, 0.25) is 0 Å². The molecule has 26 heavy (non-hydrogen) atoms. The zero-order valence-corrected chi connectivity index (χ0v) is 17.7. The summed E-state index contributed by atoms with van der Waals surface area (Å²) in [6, 6.07) is 0. The van der Waals surface area contributed by atoms with Gasteiger partial charge in [-0.3, -0.25) is 4.98 Å².